The standard InChI is InChI=1S/C23H35N5O7/c24-10-2-1-4-17(23(34)35)26-21(32)19-5-3-11-28(19)22(33)18(27-20(31)16(25)13-29)12-14-6-8-15(30)9-7-14/h6-9,16-19,29-30H,1-5,10-13,24-25H2,(H,26,32)(H,27,31)(H,34,35). The summed E-state index contributed by atoms with van der Waals surface area (Å²) < 4.78 is 0. The third-order valence-corrected chi connectivity index (χ3v) is 5.92. The van der Waals surface area contributed by atoms with Gasteiger partial charge in [0.25, 0.3) is 0 Å². The summed E-state index contributed by atoms with van der Waals surface area (Å²) in [5.74, 6) is -2.95. The first-order valence-corrected chi connectivity index (χ1v) is 11.7. The van der Waals surface area contributed by atoms with E-state index in [9.17, 15) is 34.5 Å². The van der Waals surface area contributed by atoms with Crippen molar-refractivity contribution in [2.24, 2.45) is 11.5 Å². The summed E-state index contributed by atoms with van der Waals surface area (Å²) in [7, 11) is 0. The monoisotopic (exact) mass is 493 g/mol. The SMILES string of the molecule is NCCCCC(NC(=O)C1CCCN1C(=O)C(Cc1ccc(O)cc1)NC(=O)C(N)CO)C(=O)O. The predicted octanol–water partition coefficient (Wildman–Crippen LogP) is -1.57. The highest BCUT2D eigenvalue weighted by Crippen LogP contribution is 2.21. The first kappa shape index (κ1) is 28.0. The number of nitrogens with one attached hydrogen (secondary N) is 2. The van der Waals surface area contributed by atoms with Gasteiger partial charge in [0, 0.05) is 13.0 Å². The van der Waals surface area contributed by atoms with Crippen molar-refractivity contribution >= 4 is 23.7 Å². The number of amides is 3. The number of aliphatic carboxylic acids is 1. The molecule has 1 heterocycles. The number of carboxylic acids is 1. The fraction of sp³-hybridized carbons (Fsp3) is 0.565. The number of carboxylic acid groups (broad SMARTS) is 1. The zero-order chi connectivity index (χ0) is 26.0. The number of phenols is 1. The average Bonchev–Trinajstić information content (AvgIpc) is 3.33. The Kier molecular flexibility index (Phi) is 10.9. The van der Waals surface area contributed by atoms with Gasteiger partial charge in [0.2, 0.25) is 17.7 Å². The summed E-state index contributed by atoms with van der Waals surface area (Å²) in [6.45, 7) is 0.0660. The second kappa shape index (κ2) is 13.6. The van der Waals surface area contributed by atoms with E-state index in [4.69, 9.17) is 11.5 Å². The molecule has 0 saturated carbocycles. The molecular formula is C23H35N5O7. The highest BCUT2D eigenvalue weighted by molar-refractivity contribution is 5.94. The fourth-order valence-corrected chi connectivity index (χ4v) is 3.95. The number of phenolic OH excluding ortho intramolecular Hbond substituents is 1. The smallest absolute Gasteiger partial charge is 0.326 e. The maximum atomic E-state index is 13.5. The fourth-order valence-electron chi connectivity index (χ4n) is 3.95. The molecule has 9 N–H and O–H groups in total. The Morgan fingerprint density at radius 2 is 1.77 bits per heavy atom. The third kappa shape index (κ3) is 8.19. The van der Waals surface area contributed by atoms with Gasteiger partial charge in [-0.05, 0) is 56.3 Å². The van der Waals surface area contributed by atoms with Gasteiger partial charge in [-0.2, -0.15) is 0 Å². The minimum Gasteiger partial charge on any atom is -0.508 e. The maximum absolute atomic E-state index is 13.5. The number of likely N-dealkylation sites (tertiary alicyclic amines) is 1. The van der Waals surface area contributed by atoms with Crippen molar-refractivity contribution in [1.29, 1.82) is 0 Å². The number of carbonyl (C=O) groups excluding carboxylic acids is 3. The van der Waals surface area contributed by atoms with Gasteiger partial charge in [-0.25, -0.2) is 4.79 Å². The Morgan fingerprint density at radius 1 is 1.09 bits per heavy atom. The molecule has 3 amide bonds. The van der Waals surface area contributed by atoms with E-state index < -0.39 is 54.5 Å². The largest absolute Gasteiger partial charge is 0.508 e. The van der Waals surface area contributed by atoms with Crippen molar-refractivity contribution in [1.82, 2.24) is 15.5 Å². The lowest BCUT2D eigenvalue weighted by atomic mass is 10.0. The number of carbonyl (C=O) groups is 4. The van der Waals surface area contributed by atoms with Gasteiger partial charge >= 0.3 is 5.97 Å². The molecule has 1 fully saturated rings. The molecule has 0 bridgehead atoms. The van der Waals surface area contributed by atoms with Gasteiger partial charge in [0.15, 0.2) is 0 Å². The van der Waals surface area contributed by atoms with Crippen LogP contribution in [0.15, 0.2) is 24.3 Å². The number of nitrogens with two attached hydrogens (primary N) is 2. The number of unbranched alkanes of at least 4 members (excludes halogenated alkanes) is 1. The van der Waals surface area contributed by atoms with Gasteiger partial charge in [-0.3, -0.25) is 14.4 Å². The van der Waals surface area contributed by atoms with Crippen LogP contribution in [0.2, 0.25) is 0 Å². The van der Waals surface area contributed by atoms with Crippen LogP contribution in [0.5, 0.6) is 5.75 Å². The van der Waals surface area contributed by atoms with Crippen molar-refractivity contribution in [2.75, 3.05) is 19.7 Å². The van der Waals surface area contributed by atoms with E-state index in [0.717, 1.165) is 0 Å². The van der Waals surface area contributed by atoms with Gasteiger partial charge in [0.05, 0.1) is 6.61 Å². The zero-order valence-electron chi connectivity index (χ0n) is 19.6. The molecule has 0 radical (unpaired) electrons. The summed E-state index contributed by atoms with van der Waals surface area (Å²) in [6.07, 6.45) is 2.32. The maximum Gasteiger partial charge on any atom is 0.326 e. The minimum atomic E-state index is -1.23. The van der Waals surface area contributed by atoms with Crippen molar-refractivity contribution in [3.05, 3.63) is 29.8 Å². The summed E-state index contributed by atoms with van der Waals surface area (Å²) in [5.41, 5.74) is 11.7. The van der Waals surface area contributed by atoms with Crippen LogP contribution in [0.1, 0.15) is 37.7 Å². The first-order chi connectivity index (χ1) is 16.7. The molecule has 1 aliphatic heterocycles. The quantitative estimate of drug-likeness (QED) is 0.158. The molecule has 35 heavy (non-hydrogen) atoms. The Bertz CT molecular complexity index is 880. The highest BCUT2D eigenvalue weighted by atomic mass is 16.4. The van der Waals surface area contributed by atoms with Crippen LogP contribution < -0.4 is 22.1 Å². The highest BCUT2D eigenvalue weighted by Gasteiger charge is 2.39. The van der Waals surface area contributed by atoms with E-state index in [1.54, 1.807) is 12.1 Å². The predicted molar refractivity (Wildman–Crippen MR) is 126 cm³/mol. The molecule has 4 unspecified atom stereocenters. The van der Waals surface area contributed by atoms with E-state index in [-0.39, 0.29) is 25.1 Å². The summed E-state index contributed by atoms with van der Waals surface area (Å²) in [6, 6.07) is 1.79. The Hall–Kier alpha value is -3.22. The van der Waals surface area contributed by atoms with Gasteiger partial charge in [0.1, 0.15) is 29.9 Å². The van der Waals surface area contributed by atoms with E-state index in [0.29, 0.717) is 37.8 Å². The minimum absolute atomic E-state index is 0.0405. The molecule has 0 aromatic heterocycles. The number of hydrogen-bond acceptors (Lipinski definition) is 8. The zero-order valence-corrected chi connectivity index (χ0v) is 19.6. The number of benzene rings is 1. The number of aromatic hydroxyl groups is 1. The molecule has 12 heteroatoms. The van der Waals surface area contributed by atoms with Crippen LogP contribution >= 0.6 is 0 Å². The summed E-state index contributed by atoms with van der Waals surface area (Å²) in [5, 5.41) is 33.2. The molecule has 1 aromatic rings. The average molecular weight is 494 g/mol. The Balaban J connectivity index is 2.17. The summed E-state index contributed by atoms with van der Waals surface area (Å²) in [4.78, 5) is 51.7. The normalized spacial score (nSPS) is 17.9. The van der Waals surface area contributed by atoms with E-state index in [1.807, 2.05) is 0 Å². The summed E-state index contributed by atoms with van der Waals surface area (Å²) >= 11 is 0. The molecule has 1 saturated heterocycles. The molecule has 4 atom stereocenters. The number of aliphatic hydroxyl groups is 1. The van der Waals surface area contributed by atoms with Gasteiger partial charge in [-0.1, -0.05) is 12.1 Å². The molecular weight excluding hydrogens is 458 g/mol. The molecule has 194 valence electrons. The van der Waals surface area contributed by atoms with Gasteiger partial charge in [-0.15, -0.1) is 0 Å². The van der Waals surface area contributed by atoms with E-state index >= 15 is 0 Å². The lowest BCUT2D eigenvalue weighted by Gasteiger charge is -2.30. The van der Waals surface area contributed by atoms with Crippen LogP contribution in [-0.4, -0.2) is 87.8 Å². The molecule has 0 spiro atoms. The second-order valence-electron chi connectivity index (χ2n) is 8.59. The number of hydrogen-bond donors (Lipinski definition) is 7. The molecule has 1 aromatic carbocycles. The molecule has 1 aliphatic rings. The van der Waals surface area contributed by atoms with Crippen molar-refractivity contribution in [3.63, 3.8) is 0 Å². The van der Waals surface area contributed by atoms with Crippen molar-refractivity contribution in [3.8, 4) is 5.75 Å². The lowest BCUT2D eigenvalue weighted by Crippen LogP contribution is -2.57. The topological polar surface area (TPSA) is 208 Å². The van der Waals surface area contributed by atoms with Crippen LogP contribution in [0.25, 0.3) is 0 Å². The lowest BCUT2D eigenvalue weighted by molar-refractivity contribution is -0.145. The van der Waals surface area contributed by atoms with E-state index in [2.05, 4.69) is 10.6 Å². The number of nitrogens with zero attached hydrogens (tertiary/aromatic N) is 1. The third-order valence-electron chi connectivity index (χ3n) is 5.92. The van der Waals surface area contributed by atoms with Crippen LogP contribution in [0, 0.1) is 0 Å². The van der Waals surface area contributed by atoms with Crippen molar-refractivity contribution in [2.45, 2.75) is 62.7 Å². The van der Waals surface area contributed by atoms with Gasteiger partial charge < -0.3 is 42.3 Å². The molecule has 2 rings (SSSR count). The molecule has 12 nitrogen and oxygen atoms in total. The number of rotatable bonds is 13. The Morgan fingerprint density at radius 3 is 2.37 bits per heavy atom. The number of aliphatic hydroxyl groups excluding tert-OH is 1. The Labute approximate surface area is 203 Å². The first-order valence-electron chi connectivity index (χ1n) is 11.7. The second-order valence-corrected chi connectivity index (χ2v) is 8.59. The van der Waals surface area contributed by atoms with Crippen LogP contribution in [0.3, 0.4) is 0 Å². The van der Waals surface area contributed by atoms with Crippen LogP contribution in [-0.2, 0) is 25.6 Å². The van der Waals surface area contributed by atoms with Crippen molar-refractivity contribution < 1.29 is 34.5 Å². The van der Waals surface area contributed by atoms with Crippen LogP contribution in [0.4, 0.5) is 0 Å². The van der Waals surface area contributed by atoms with E-state index in [1.165, 1.54) is 17.0 Å². The molecule has 0 aliphatic carbocycles.